The molecule has 21 heavy (non-hydrogen) atoms. The summed E-state index contributed by atoms with van der Waals surface area (Å²) in [4.78, 5) is 2.85. The van der Waals surface area contributed by atoms with E-state index in [1.807, 2.05) is 22.7 Å². The van der Waals surface area contributed by atoms with E-state index in [9.17, 15) is 25.2 Å². The molecular weight excluding hydrogens is 421 g/mol. The van der Waals surface area contributed by atoms with Crippen molar-refractivity contribution in [3.8, 4) is 9.75 Å². The van der Waals surface area contributed by atoms with E-state index < -0.39 is 7.81 Å². The van der Waals surface area contributed by atoms with Gasteiger partial charge in [0.05, 0.1) is 22.7 Å². The van der Waals surface area contributed by atoms with Crippen molar-refractivity contribution >= 4 is 46.4 Å². The Labute approximate surface area is 133 Å². The summed E-state index contributed by atoms with van der Waals surface area (Å²) in [5.74, 6) is 0. The standard InChI is InChI=1S/C11H10BrS2.F6P/c1-7-8(2)14-11(13-7)9-3-5-10(12)6-4-9;1-7(2,3,4,5)6/h3-6H,1-2H3;/q+1;-1. The van der Waals surface area contributed by atoms with Gasteiger partial charge < -0.3 is 0 Å². The SMILES string of the molecule is Cc1sc(-c2ccc(Br)cc2)[s+]c1C.F[P-](F)(F)(F)(F)F. The number of aryl methyl sites for hydroxylation is 2. The van der Waals surface area contributed by atoms with Gasteiger partial charge in [-0.25, -0.2) is 0 Å². The molecule has 0 fully saturated rings. The molecule has 0 aliphatic carbocycles. The van der Waals surface area contributed by atoms with Crippen molar-refractivity contribution < 1.29 is 25.2 Å². The second-order valence-corrected chi connectivity index (χ2v) is 9.61. The number of rotatable bonds is 1. The van der Waals surface area contributed by atoms with Crippen LogP contribution in [0.5, 0.6) is 0 Å². The molecule has 0 saturated carbocycles. The summed E-state index contributed by atoms with van der Waals surface area (Å²) in [6.45, 7) is 4.36. The van der Waals surface area contributed by atoms with Crippen molar-refractivity contribution in [3.63, 3.8) is 0 Å². The van der Waals surface area contributed by atoms with Crippen LogP contribution in [0.2, 0.25) is 0 Å². The van der Waals surface area contributed by atoms with Gasteiger partial charge in [-0.05, 0) is 38.1 Å². The molecule has 0 aliphatic heterocycles. The molecule has 1 heterocycles. The van der Waals surface area contributed by atoms with Gasteiger partial charge in [-0.2, -0.15) is 0 Å². The second-order valence-electron chi connectivity index (χ2n) is 4.07. The zero-order chi connectivity index (χ0) is 16.5. The van der Waals surface area contributed by atoms with Gasteiger partial charge in [0.2, 0.25) is 0 Å². The van der Waals surface area contributed by atoms with Gasteiger partial charge in [0.25, 0.3) is 4.19 Å². The summed E-state index contributed by atoms with van der Waals surface area (Å²) in [6, 6.07) is 8.50. The molecule has 0 unspecified atom stereocenters. The van der Waals surface area contributed by atoms with Crippen LogP contribution >= 0.6 is 46.4 Å². The third-order valence-corrected chi connectivity index (χ3v) is 5.29. The second kappa shape index (κ2) is 5.44. The van der Waals surface area contributed by atoms with E-state index in [0.717, 1.165) is 4.47 Å². The summed E-state index contributed by atoms with van der Waals surface area (Å²) in [5.41, 5.74) is 1.32. The summed E-state index contributed by atoms with van der Waals surface area (Å²) >= 11 is 7.20. The molecule has 0 N–H and O–H groups in total. The minimum absolute atomic E-state index is 1.14. The van der Waals surface area contributed by atoms with Gasteiger partial charge in [-0.15, -0.1) is 0 Å². The maximum absolute atomic E-state index is 10.7. The Hall–Kier alpha value is -0.240. The summed E-state index contributed by atoms with van der Waals surface area (Å²) in [5, 5.41) is 0. The Balaban J connectivity index is 0.000000270. The molecule has 0 amide bonds. The van der Waals surface area contributed by atoms with Gasteiger partial charge in [0.1, 0.15) is 9.75 Å². The van der Waals surface area contributed by atoms with Crippen molar-refractivity contribution in [2.45, 2.75) is 13.8 Å². The first-order chi connectivity index (χ1) is 9.11. The summed E-state index contributed by atoms with van der Waals surface area (Å²) in [6.07, 6.45) is 0. The normalized spacial score (nSPS) is 14.7. The van der Waals surface area contributed by atoms with Crippen LogP contribution in [-0.4, -0.2) is 0 Å². The molecule has 1 aromatic carbocycles. The van der Waals surface area contributed by atoms with E-state index in [2.05, 4.69) is 54.0 Å². The Bertz CT molecular complexity index is 602. The first kappa shape index (κ1) is 18.8. The molecule has 120 valence electrons. The molecule has 0 nitrogen and oxygen atoms in total. The van der Waals surface area contributed by atoms with E-state index in [1.54, 1.807) is 0 Å². The number of benzene rings is 1. The fourth-order valence-corrected chi connectivity index (χ4v) is 3.93. The van der Waals surface area contributed by atoms with Crippen LogP contribution in [0.1, 0.15) is 9.75 Å². The van der Waals surface area contributed by atoms with E-state index in [4.69, 9.17) is 0 Å². The summed E-state index contributed by atoms with van der Waals surface area (Å²) < 4.78 is 61.7. The van der Waals surface area contributed by atoms with E-state index >= 15 is 0 Å². The Kier molecular flexibility index (Phi) is 4.87. The molecule has 2 rings (SSSR count). The van der Waals surface area contributed by atoms with Crippen LogP contribution in [0.15, 0.2) is 28.7 Å². The van der Waals surface area contributed by atoms with Gasteiger partial charge in [-0.1, -0.05) is 15.9 Å². The first-order valence-corrected chi connectivity index (χ1v) is 9.80. The van der Waals surface area contributed by atoms with Crippen LogP contribution < -0.4 is 0 Å². The molecule has 0 aliphatic rings. The Morgan fingerprint density at radius 2 is 1.38 bits per heavy atom. The van der Waals surface area contributed by atoms with Crippen molar-refractivity contribution in [2.75, 3.05) is 0 Å². The average Bonchev–Trinajstić information content (AvgIpc) is 2.55. The fraction of sp³-hybridized carbons (Fsp3) is 0.182. The topological polar surface area (TPSA) is 0 Å². The molecule has 1 aromatic heterocycles. The zero-order valence-electron chi connectivity index (χ0n) is 10.7. The molecule has 2 aromatic rings. The van der Waals surface area contributed by atoms with Crippen molar-refractivity contribution in [1.29, 1.82) is 0 Å². The van der Waals surface area contributed by atoms with Crippen molar-refractivity contribution in [2.24, 2.45) is 0 Å². The van der Waals surface area contributed by atoms with Gasteiger partial charge in [0.15, 0.2) is 0 Å². The summed E-state index contributed by atoms with van der Waals surface area (Å²) in [7, 11) is -10.7. The maximum atomic E-state index is 9.87. The molecule has 0 bridgehead atoms. The number of hydrogen-bond donors (Lipinski definition) is 0. The molecule has 0 atom stereocenters. The van der Waals surface area contributed by atoms with Crippen molar-refractivity contribution in [3.05, 3.63) is 38.5 Å². The fourth-order valence-electron chi connectivity index (χ4n) is 1.15. The van der Waals surface area contributed by atoms with E-state index in [1.165, 1.54) is 19.5 Å². The first-order valence-electron chi connectivity index (χ1n) is 5.34. The van der Waals surface area contributed by atoms with Crippen molar-refractivity contribution in [1.82, 2.24) is 0 Å². The molecule has 0 radical (unpaired) electrons. The average molecular weight is 431 g/mol. The third-order valence-electron chi connectivity index (χ3n) is 2.07. The molecular formula is C11H10BrF6PS2. The Morgan fingerprint density at radius 1 is 0.952 bits per heavy atom. The van der Waals surface area contributed by atoms with Gasteiger partial charge in [0, 0.05) is 10.0 Å². The van der Waals surface area contributed by atoms with Gasteiger partial charge in [-0.3, -0.25) is 0 Å². The molecule has 10 heteroatoms. The number of hydrogen-bond acceptors (Lipinski definition) is 1. The van der Waals surface area contributed by atoms with Crippen LogP contribution in [0, 0.1) is 13.8 Å². The van der Waals surface area contributed by atoms with Crippen LogP contribution in [0.3, 0.4) is 0 Å². The van der Waals surface area contributed by atoms with Gasteiger partial charge >= 0.3 is 33.0 Å². The molecule has 0 spiro atoms. The zero-order valence-corrected chi connectivity index (χ0v) is 14.8. The van der Waals surface area contributed by atoms with E-state index in [-0.39, 0.29) is 0 Å². The predicted octanol–water partition coefficient (Wildman–Crippen LogP) is 8.52. The quantitative estimate of drug-likeness (QED) is 0.241. The predicted molar refractivity (Wildman–Crippen MR) is 82.8 cm³/mol. The monoisotopic (exact) mass is 430 g/mol. The Morgan fingerprint density at radius 3 is 1.71 bits per heavy atom. The van der Waals surface area contributed by atoms with Crippen LogP contribution in [0.25, 0.3) is 9.75 Å². The third kappa shape index (κ3) is 9.39. The van der Waals surface area contributed by atoms with E-state index in [0.29, 0.717) is 0 Å². The minimum atomic E-state index is -10.7. The molecule has 0 saturated heterocycles. The van der Waals surface area contributed by atoms with Crippen LogP contribution in [-0.2, 0) is 0 Å². The van der Waals surface area contributed by atoms with Crippen LogP contribution in [0.4, 0.5) is 25.2 Å². The number of halogens is 7.